The van der Waals surface area contributed by atoms with Gasteiger partial charge in [0.05, 0.1) is 12.7 Å². The molecular weight excluding hydrogens is 933 g/mol. The molecule has 1 heterocycles. The molecule has 3 aromatic rings. The van der Waals surface area contributed by atoms with Gasteiger partial charge in [-0.2, -0.15) is 0 Å². The summed E-state index contributed by atoms with van der Waals surface area (Å²) in [6, 6.07) is 26.6. The number of unbranched alkanes of at least 4 members (excludes halogenated alkanes) is 15. The lowest BCUT2D eigenvalue weighted by Gasteiger charge is -2.26. The van der Waals surface area contributed by atoms with Crippen LogP contribution in [0.4, 0.5) is 0 Å². The zero-order valence-corrected chi connectivity index (χ0v) is 45.8. The average Bonchev–Trinajstić information content (AvgIpc) is 3.96. The lowest BCUT2D eigenvalue weighted by Crippen LogP contribution is -2.18. The van der Waals surface area contributed by atoms with Gasteiger partial charge in [-0.05, 0) is 73.1 Å². The third-order valence-corrected chi connectivity index (χ3v) is 12.1. The normalized spacial score (nSPS) is 12.4. The molecule has 0 amide bonds. The van der Waals surface area contributed by atoms with E-state index in [2.05, 4.69) is 103 Å². The molecule has 1 fully saturated rings. The standard InChI is InChI=1S/C20H22O3.C20H30O3.C15H28O2.C8H12O3/c1-4-19(21)23-15-14-22-18-12-10-17(11-13-18)20(2,3)16-8-6-5-7-9-16;1-3-5-6-7-8-9-10-11-18-12-14-19(15-13-18)22-16-17-23-20(21)4-2;1-3-5-6-7-8-9-10-11-12-13-14-17-15(16)4-2;1-2-8(9)11-6-7-4-3-5-10-7/h4-13H,1,14-15H2,2-3H3;4,12-15H,2-3,5-11,16-17H2,1H3;4H,2-3,5-14H2,1H3;2,7H,1,3-6H2. The lowest BCUT2D eigenvalue weighted by atomic mass is 9.78. The van der Waals surface area contributed by atoms with E-state index >= 15 is 0 Å². The van der Waals surface area contributed by atoms with E-state index in [1.807, 2.05) is 30.3 Å². The van der Waals surface area contributed by atoms with Gasteiger partial charge in [-0.25, -0.2) is 19.2 Å². The predicted octanol–water partition coefficient (Wildman–Crippen LogP) is 14.7. The summed E-state index contributed by atoms with van der Waals surface area (Å²) in [7, 11) is 0. The molecule has 1 atom stereocenters. The first kappa shape index (κ1) is 66.1. The van der Waals surface area contributed by atoms with Gasteiger partial charge in [0.25, 0.3) is 0 Å². The lowest BCUT2D eigenvalue weighted by molar-refractivity contribution is -0.141. The van der Waals surface area contributed by atoms with Gasteiger partial charge in [-0.1, -0.05) is 205 Å². The molecule has 1 unspecified atom stereocenters. The maximum atomic E-state index is 10.9. The predicted molar refractivity (Wildman–Crippen MR) is 300 cm³/mol. The molecule has 4 rings (SSSR count). The number of rotatable bonds is 35. The van der Waals surface area contributed by atoms with Crippen LogP contribution in [0.25, 0.3) is 0 Å². The van der Waals surface area contributed by atoms with Gasteiger partial charge in [0.2, 0.25) is 0 Å². The molecule has 11 heteroatoms. The smallest absolute Gasteiger partial charge is 0.330 e. The highest BCUT2D eigenvalue weighted by Crippen LogP contribution is 2.32. The topological polar surface area (TPSA) is 133 Å². The van der Waals surface area contributed by atoms with Crippen LogP contribution >= 0.6 is 0 Å². The van der Waals surface area contributed by atoms with E-state index in [9.17, 15) is 19.2 Å². The van der Waals surface area contributed by atoms with Crippen LogP contribution in [0.2, 0.25) is 0 Å². The average molecular weight is 1030 g/mol. The Balaban J connectivity index is 0.000000509. The van der Waals surface area contributed by atoms with Crippen LogP contribution in [0.3, 0.4) is 0 Å². The molecule has 0 bridgehead atoms. The van der Waals surface area contributed by atoms with Gasteiger partial charge in [0.15, 0.2) is 0 Å². The maximum Gasteiger partial charge on any atom is 0.330 e. The first-order valence-corrected chi connectivity index (χ1v) is 27.2. The second kappa shape index (κ2) is 44.5. The Labute approximate surface area is 446 Å². The van der Waals surface area contributed by atoms with Gasteiger partial charge in [0.1, 0.15) is 44.5 Å². The molecular formula is C63H92O11. The minimum Gasteiger partial charge on any atom is -0.490 e. The molecule has 1 aliphatic heterocycles. The second-order valence-electron chi connectivity index (χ2n) is 18.5. The molecule has 1 aliphatic rings. The van der Waals surface area contributed by atoms with Crippen LogP contribution in [0.15, 0.2) is 129 Å². The fourth-order valence-electron chi connectivity index (χ4n) is 7.58. The SMILES string of the molecule is C=CC(=O)OCC1CCCO1.C=CC(=O)OCCCCCCCCCCCC.C=CC(=O)OCCOc1ccc(C(C)(C)c2ccccc2)cc1.C=CC(=O)OCCOc1ccc(CCCCCCCCC)cc1. The summed E-state index contributed by atoms with van der Waals surface area (Å²) in [5.74, 6) is 0.0313. The molecule has 3 aromatic carbocycles. The third-order valence-electron chi connectivity index (χ3n) is 12.1. The summed E-state index contributed by atoms with van der Waals surface area (Å²) in [5, 5.41) is 0. The van der Waals surface area contributed by atoms with Crippen molar-refractivity contribution in [2.75, 3.05) is 46.2 Å². The van der Waals surface area contributed by atoms with Crippen molar-refractivity contribution in [2.45, 2.75) is 168 Å². The zero-order valence-electron chi connectivity index (χ0n) is 45.8. The quantitative estimate of drug-likeness (QED) is 0.0241. The minimum atomic E-state index is -0.437. The summed E-state index contributed by atoms with van der Waals surface area (Å²) < 4.78 is 35.7. The van der Waals surface area contributed by atoms with Gasteiger partial charge in [-0.3, -0.25) is 0 Å². The fourth-order valence-corrected chi connectivity index (χ4v) is 7.58. The van der Waals surface area contributed by atoms with Crippen molar-refractivity contribution in [2.24, 2.45) is 0 Å². The van der Waals surface area contributed by atoms with E-state index in [0.717, 1.165) is 62.0 Å². The minimum absolute atomic E-state index is 0.0702. The Morgan fingerprint density at radius 1 is 0.500 bits per heavy atom. The Morgan fingerprint density at radius 2 is 0.905 bits per heavy atom. The molecule has 0 aromatic heterocycles. The molecule has 11 nitrogen and oxygen atoms in total. The Kier molecular flexibility index (Phi) is 39.8. The monoisotopic (exact) mass is 1020 g/mol. The van der Waals surface area contributed by atoms with Crippen LogP contribution < -0.4 is 9.47 Å². The first-order chi connectivity index (χ1) is 35.9. The highest BCUT2D eigenvalue weighted by molar-refractivity contribution is 5.82. The number of esters is 4. The van der Waals surface area contributed by atoms with Gasteiger partial charge in [0, 0.05) is 36.3 Å². The Morgan fingerprint density at radius 3 is 1.35 bits per heavy atom. The number of benzene rings is 3. The van der Waals surface area contributed by atoms with E-state index in [-0.39, 0.29) is 36.7 Å². The van der Waals surface area contributed by atoms with E-state index in [4.69, 9.17) is 33.2 Å². The first-order valence-electron chi connectivity index (χ1n) is 27.2. The van der Waals surface area contributed by atoms with Crippen LogP contribution in [-0.4, -0.2) is 76.2 Å². The zero-order chi connectivity index (χ0) is 54.3. The van der Waals surface area contributed by atoms with Crippen molar-refractivity contribution in [3.8, 4) is 11.5 Å². The number of hydrogen-bond acceptors (Lipinski definition) is 11. The summed E-state index contributed by atoms with van der Waals surface area (Å²) in [4.78, 5) is 43.1. The molecule has 410 valence electrons. The van der Waals surface area contributed by atoms with E-state index in [1.54, 1.807) is 0 Å². The summed E-state index contributed by atoms with van der Waals surface area (Å²) in [6.45, 7) is 25.1. The molecule has 0 radical (unpaired) electrons. The van der Waals surface area contributed by atoms with E-state index in [1.165, 1.54) is 125 Å². The number of carbonyl (C=O) groups is 4. The highest BCUT2D eigenvalue weighted by atomic mass is 16.6. The van der Waals surface area contributed by atoms with E-state index in [0.29, 0.717) is 26.4 Å². The molecule has 0 spiro atoms. The van der Waals surface area contributed by atoms with Crippen molar-refractivity contribution >= 4 is 23.9 Å². The summed E-state index contributed by atoms with van der Waals surface area (Å²) in [5.41, 5.74) is 3.77. The molecule has 0 N–H and O–H groups in total. The number of hydrogen-bond donors (Lipinski definition) is 0. The maximum absolute atomic E-state index is 10.9. The van der Waals surface area contributed by atoms with Gasteiger partial charge >= 0.3 is 23.9 Å². The van der Waals surface area contributed by atoms with Crippen molar-refractivity contribution < 1.29 is 52.3 Å². The van der Waals surface area contributed by atoms with Crippen molar-refractivity contribution in [1.82, 2.24) is 0 Å². The second-order valence-corrected chi connectivity index (χ2v) is 18.5. The number of ether oxygens (including phenoxy) is 7. The molecule has 1 saturated heterocycles. The third kappa shape index (κ3) is 34.5. The summed E-state index contributed by atoms with van der Waals surface area (Å²) in [6.07, 6.45) is 30.3. The van der Waals surface area contributed by atoms with Crippen LogP contribution in [-0.2, 0) is 54.7 Å². The molecule has 74 heavy (non-hydrogen) atoms. The van der Waals surface area contributed by atoms with Gasteiger partial charge < -0.3 is 33.2 Å². The van der Waals surface area contributed by atoms with Crippen molar-refractivity contribution in [1.29, 1.82) is 0 Å². The van der Waals surface area contributed by atoms with Crippen molar-refractivity contribution in [3.05, 3.63) is 146 Å². The number of carbonyl (C=O) groups excluding carboxylic acids is 4. The Hall–Kier alpha value is -5.94. The van der Waals surface area contributed by atoms with E-state index < -0.39 is 11.9 Å². The van der Waals surface area contributed by atoms with Crippen LogP contribution in [0, 0.1) is 0 Å². The molecule has 0 saturated carbocycles. The number of aryl methyl sites for hydroxylation is 1. The van der Waals surface area contributed by atoms with Gasteiger partial charge in [-0.15, -0.1) is 0 Å². The summed E-state index contributed by atoms with van der Waals surface area (Å²) >= 11 is 0. The Bertz CT molecular complexity index is 1930. The largest absolute Gasteiger partial charge is 0.490 e. The highest BCUT2D eigenvalue weighted by Gasteiger charge is 2.22. The van der Waals surface area contributed by atoms with Crippen LogP contribution in [0.5, 0.6) is 11.5 Å². The fraction of sp³-hybridized carbons (Fsp3) is 0.524. The van der Waals surface area contributed by atoms with Crippen LogP contribution in [0.1, 0.15) is 166 Å². The van der Waals surface area contributed by atoms with Crippen molar-refractivity contribution in [3.63, 3.8) is 0 Å². The molecule has 0 aliphatic carbocycles.